The topological polar surface area (TPSA) is 76.7 Å². The first kappa shape index (κ1) is 15.6. The van der Waals surface area contributed by atoms with E-state index in [-0.39, 0.29) is 11.3 Å². The van der Waals surface area contributed by atoms with E-state index in [4.69, 9.17) is 9.15 Å². The van der Waals surface area contributed by atoms with Crippen LogP contribution in [0.3, 0.4) is 0 Å². The van der Waals surface area contributed by atoms with E-state index in [9.17, 15) is 14.7 Å². The number of benzene rings is 2. The van der Waals surface area contributed by atoms with E-state index in [1.165, 1.54) is 12.1 Å². The first-order chi connectivity index (χ1) is 11.6. The summed E-state index contributed by atoms with van der Waals surface area (Å²) in [4.78, 5) is 22.3. The Bertz CT molecular complexity index is 890. The van der Waals surface area contributed by atoms with Crippen molar-refractivity contribution >= 4 is 12.3 Å². The quantitative estimate of drug-likeness (QED) is 0.715. The number of carbonyl (C=O) groups excluding carboxylic acids is 1. The third-order valence-electron chi connectivity index (χ3n) is 3.68. The van der Waals surface area contributed by atoms with Gasteiger partial charge in [0.05, 0.1) is 12.7 Å². The number of carboxylic acids is 1. The summed E-state index contributed by atoms with van der Waals surface area (Å²) in [5, 5.41) is 9.39. The van der Waals surface area contributed by atoms with Crippen LogP contribution in [0, 0.1) is 0 Å². The first-order valence-corrected chi connectivity index (χ1v) is 7.19. The Morgan fingerprint density at radius 1 is 1.04 bits per heavy atom. The van der Waals surface area contributed by atoms with Gasteiger partial charge in [0.1, 0.15) is 11.5 Å². The summed E-state index contributed by atoms with van der Waals surface area (Å²) in [7, 11) is 1.59. The molecule has 120 valence electrons. The molecule has 0 saturated heterocycles. The highest BCUT2D eigenvalue weighted by Crippen LogP contribution is 2.31. The molecule has 24 heavy (non-hydrogen) atoms. The van der Waals surface area contributed by atoms with Gasteiger partial charge >= 0.3 is 5.97 Å². The van der Waals surface area contributed by atoms with Gasteiger partial charge in [-0.25, -0.2) is 4.79 Å². The van der Waals surface area contributed by atoms with Crippen LogP contribution in [0.5, 0.6) is 5.75 Å². The molecule has 0 aliphatic rings. The molecule has 3 rings (SSSR count). The van der Waals surface area contributed by atoms with Gasteiger partial charge in [-0.2, -0.15) is 0 Å². The highest BCUT2D eigenvalue weighted by Gasteiger charge is 2.16. The van der Waals surface area contributed by atoms with E-state index >= 15 is 0 Å². The fourth-order valence-corrected chi connectivity index (χ4v) is 2.46. The van der Waals surface area contributed by atoms with Crippen molar-refractivity contribution in [3.63, 3.8) is 0 Å². The number of aromatic carboxylic acids is 1. The van der Waals surface area contributed by atoms with Crippen molar-refractivity contribution < 1.29 is 23.8 Å². The van der Waals surface area contributed by atoms with E-state index < -0.39 is 5.97 Å². The zero-order valence-corrected chi connectivity index (χ0v) is 12.9. The lowest BCUT2D eigenvalue weighted by Gasteiger charge is -2.08. The number of hydrogen-bond donors (Lipinski definition) is 1. The van der Waals surface area contributed by atoms with E-state index in [1.807, 2.05) is 24.3 Å². The van der Waals surface area contributed by atoms with Gasteiger partial charge in [-0.05, 0) is 47.5 Å². The number of carboxylic acid groups (broad SMARTS) is 1. The van der Waals surface area contributed by atoms with E-state index in [2.05, 4.69) is 0 Å². The zero-order chi connectivity index (χ0) is 17.1. The molecule has 0 saturated carbocycles. The van der Waals surface area contributed by atoms with Gasteiger partial charge in [0.15, 0.2) is 12.0 Å². The maximum Gasteiger partial charge on any atom is 0.336 e. The molecule has 0 spiro atoms. The van der Waals surface area contributed by atoms with Crippen LogP contribution in [0.25, 0.3) is 22.5 Å². The van der Waals surface area contributed by atoms with Crippen LogP contribution in [0.4, 0.5) is 0 Å². The van der Waals surface area contributed by atoms with Crippen molar-refractivity contribution in [2.24, 2.45) is 0 Å². The SMILES string of the molecule is COc1ccc(-c2ccc(C(=O)O)c(-c3ccc(C=O)o3)c2)cc1. The molecule has 0 aliphatic heterocycles. The van der Waals surface area contributed by atoms with Crippen LogP contribution in [0.2, 0.25) is 0 Å². The zero-order valence-electron chi connectivity index (χ0n) is 12.9. The summed E-state index contributed by atoms with van der Waals surface area (Å²) in [6, 6.07) is 15.5. The van der Waals surface area contributed by atoms with E-state index in [0.29, 0.717) is 17.6 Å². The van der Waals surface area contributed by atoms with Crippen LogP contribution >= 0.6 is 0 Å². The van der Waals surface area contributed by atoms with Gasteiger partial charge in [-0.3, -0.25) is 4.79 Å². The van der Waals surface area contributed by atoms with Gasteiger partial charge < -0.3 is 14.3 Å². The monoisotopic (exact) mass is 322 g/mol. The summed E-state index contributed by atoms with van der Waals surface area (Å²) in [6.07, 6.45) is 0.581. The predicted octanol–water partition coefficient (Wildman–Crippen LogP) is 4.13. The molecule has 0 fully saturated rings. The molecule has 5 nitrogen and oxygen atoms in total. The van der Waals surface area contributed by atoms with Crippen LogP contribution in [-0.4, -0.2) is 24.5 Å². The average molecular weight is 322 g/mol. The summed E-state index contributed by atoms with van der Waals surface area (Å²) in [5.74, 6) is 0.166. The minimum atomic E-state index is -1.06. The molecule has 0 aliphatic carbocycles. The molecule has 0 unspecified atom stereocenters. The molecular weight excluding hydrogens is 308 g/mol. The van der Waals surface area contributed by atoms with Gasteiger partial charge in [-0.1, -0.05) is 18.2 Å². The van der Waals surface area contributed by atoms with Gasteiger partial charge in [0, 0.05) is 5.56 Å². The molecule has 5 heteroatoms. The van der Waals surface area contributed by atoms with Crippen molar-refractivity contribution in [3.05, 3.63) is 65.9 Å². The molecule has 1 N–H and O–H groups in total. The van der Waals surface area contributed by atoms with Gasteiger partial charge in [0.2, 0.25) is 0 Å². The third-order valence-corrected chi connectivity index (χ3v) is 3.68. The molecule has 3 aromatic rings. The maximum atomic E-state index is 11.5. The number of hydrogen-bond acceptors (Lipinski definition) is 4. The molecule has 0 amide bonds. The van der Waals surface area contributed by atoms with Crippen molar-refractivity contribution in [1.82, 2.24) is 0 Å². The lowest BCUT2D eigenvalue weighted by Crippen LogP contribution is -1.99. The first-order valence-electron chi connectivity index (χ1n) is 7.19. The minimum absolute atomic E-state index is 0.110. The van der Waals surface area contributed by atoms with Gasteiger partial charge in [0.25, 0.3) is 0 Å². The Morgan fingerprint density at radius 3 is 2.33 bits per heavy atom. The Hall–Kier alpha value is -3.34. The standard InChI is InChI=1S/C19H14O5/c1-23-14-5-2-12(3-6-14)13-4-8-16(19(21)22)17(10-13)18-9-7-15(11-20)24-18/h2-11H,1H3,(H,21,22). The second kappa shape index (κ2) is 6.42. The number of ether oxygens (including phenoxy) is 1. The van der Waals surface area contributed by atoms with E-state index in [0.717, 1.165) is 16.9 Å². The molecule has 0 radical (unpaired) electrons. The minimum Gasteiger partial charge on any atom is -0.497 e. The van der Waals surface area contributed by atoms with Crippen LogP contribution in [0.1, 0.15) is 20.9 Å². The number of rotatable bonds is 5. The third kappa shape index (κ3) is 2.92. The summed E-state index contributed by atoms with van der Waals surface area (Å²) in [5.41, 5.74) is 2.28. The number of carbonyl (C=O) groups is 2. The molecule has 2 aromatic carbocycles. The molecule has 0 atom stereocenters. The van der Waals surface area contributed by atoms with Crippen molar-refractivity contribution in [2.45, 2.75) is 0 Å². The number of aldehydes is 1. The predicted molar refractivity (Wildman–Crippen MR) is 88.5 cm³/mol. The van der Waals surface area contributed by atoms with Crippen molar-refractivity contribution in [3.8, 4) is 28.2 Å². The molecule has 1 heterocycles. The molecule has 1 aromatic heterocycles. The van der Waals surface area contributed by atoms with Crippen LogP contribution in [-0.2, 0) is 0 Å². The van der Waals surface area contributed by atoms with Crippen LogP contribution in [0.15, 0.2) is 59.0 Å². The largest absolute Gasteiger partial charge is 0.497 e. The number of methoxy groups -OCH3 is 1. The Kier molecular flexibility index (Phi) is 4.16. The second-order valence-corrected chi connectivity index (χ2v) is 5.11. The Labute approximate surface area is 138 Å². The maximum absolute atomic E-state index is 11.5. The lowest BCUT2D eigenvalue weighted by molar-refractivity contribution is 0.0697. The fraction of sp³-hybridized carbons (Fsp3) is 0.0526. The lowest BCUT2D eigenvalue weighted by atomic mass is 9.97. The molecule has 0 bridgehead atoms. The summed E-state index contributed by atoms with van der Waals surface area (Å²) >= 11 is 0. The summed E-state index contributed by atoms with van der Waals surface area (Å²) < 4.78 is 10.5. The van der Waals surface area contributed by atoms with Gasteiger partial charge in [-0.15, -0.1) is 0 Å². The molecular formula is C19H14O5. The van der Waals surface area contributed by atoms with Crippen molar-refractivity contribution in [2.75, 3.05) is 7.11 Å². The smallest absolute Gasteiger partial charge is 0.336 e. The van der Waals surface area contributed by atoms with E-state index in [1.54, 1.807) is 25.3 Å². The fourth-order valence-electron chi connectivity index (χ4n) is 2.46. The Balaban J connectivity index is 2.11. The normalized spacial score (nSPS) is 10.4. The van der Waals surface area contributed by atoms with Crippen LogP contribution < -0.4 is 4.74 Å². The summed E-state index contributed by atoms with van der Waals surface area (Å²) in [6.45, 7) is 0. The Morgan fingerprint density at radius 2 is 1.75 bits per heavy atom. The average Bonchev–Trinajstić information content (AvgIpc) is 3.10. The number of furan rings is 1. The van der Waals surface area contributed by atoms with Crippen molar-refractivity contribution in [1.29, 1.82) is 0 Å². The highest BCUT2D eigenvalue weighted by atomic mass is 16.5. The second-order valence-electron chi connectivity index (χ2n) is 5.11. The highest BCUT2D eigenvalue weighted by molar-refractivity contribution is 5.96.